The number of nitrogens with one attached hydrogen (secondary N) is 1. The molecule has 0 unspecified atom stereocenters. The van der Waals surface area contributed by atoms with Crippen LogP contribution in [0.15, 0.2) is 18.2 Å². The van der Waals surface area contributed by atoms with Crippen molar-refractivity contribution in [3.05, 3.63) is 39.6 Å². The van der Waals surface area contributed by atoms with Crippen molar-refractivity contribution in [2.45, 2.75) is 27.2 Å². The summed E-state index contributed by atoms with van der Waals surface area (Å²) in [6.07, 6.45) is 0.688. The maximum absolute atomic E-state index is 11.2. The second-order valence-electron chi connectivity index (χ2n) is 5.49. The molecule has 0 aliphatic rings. The Hall–Kier alpha value is -2.77. The van der Waals surface area contributed by atoms with Crippen molar-refractivity contribution in [1.82, 2.24) is 9.78 Å². The van der Waals surface area contributed by atoms with Gasteiger partial charge in [0.1, 0.15) is 5.69 Å². The van der Waals surface area contributed by atoms with Gasteiger partial charge in [0.15, 0.2) is 11.5 Å². The molecule has 0 fully saturated rings. The van der Waals surface area contributed by atoms with E-state index in [1.54, 1.807) is 14.0 Å². The van der Waals surface area contributed by atoms with E-state index in [4.69, 9.17) is 9.47 Å². The third kappa shape index (κ3) is 4.40. The molecule has 1 N–H and O–H groups in total. The van der Waals surface area contributed by atoms with Crippen molar-refractivity contribution < 1.29 is 14.4 Å². The average molecular weight is 348 g/mol. The minimum Gasteiger partial charge on any atom is -0.490 e. The lowest BCUT2D eigenvalue weighted by molar-refractivity contribution is -0.384. The molecular weight excluding hydrogens is 324 g/mol. The predicted molar refractivity (Wildman–Crippen MR) is 95.6 cm³/mol. The number of rotatable bonds is 9. The highest BCUT2D eigenvalue weighted by Crippen LogP contribution is 2.29. The van der Waals surface area contributed by atoms with E-state index >= 15 is 0 Å². The molecule has 1 heterocycles. The molecule has 8 heteroatoms. The first-order valence-corrected chi connectivity index (χ1v) is 8.28. The third-order valence-corrected chi connectivity index (χ3v) is 3.69. The molecule has 0 saturated carbocycles. The Balaban J connectivity index is 2.07. The topological polar surface area (TPSA) is 91.5 Å². The molecule has 8 nitrogen and oxygen atoms in total. The molecule has 0 amide bonds. The second kappa shape index (κ2) is 8.36. The Morgan fingerprint density at radius 2 is 1.92 bits per heavy atom. The van der Waals surface area contributed by atoms with Crippen LogP contribution in [0.5, 0.6) is 11.5 Å². The molecule has 0 spiro atoms. The van der Waals surface area contributed by atoms with Crippen LogP contribution in [-0.2, 0) is 13.5 Å². The van der Waals surface area contributed by atoms with Crippen molar-refractivity contribution >= 4 is 11.5 Å². The third-order valence-electron chi connectivity index (χ3n) is 3.69. The average Bonchev–Trinajstić information content (AvgIpc) is 2.84. The molecule has 1 aromatic carbocycles. The van der Waals surface area contributed by atoms with Crippen LogP contribution in [0.4, 0.5) is 11.5 Å². The number of hydrogen-bond donors (Lipinski definition) is 1. The van der Waals surface area contributed by atoms with Crippen molar-refractivity contribution in [3.8, 4) is 11.5 Å². The largest absolute Gasteiger partial charge is 0.490 e. The van der Waals surface area contributed by atoms with Crippen LogP contribution in [0.3, 0.4) is 0 Å². The molecule has 1 aromatic heterocycles. The van der Waals surface area contributed by atoms with Crippen LogP contribution in [0.25, 0.3) is 0 Å². The Morgan fingerprint density at radius 3 is 2.56 bits per heavy atom. The zero-order valence-electron chi connectivity index (χ0n) is 15.0. The lowest BCUT2D eigenvalue weighted by atomic mass is 10.1. The highest BCUT2D eigenvalue weighted by atomic mass is 16.6. The van der Waals surface area contributed by atoms with Gasteiger partial charge in [-0.1, -0.05) is 6.07 Å². The number of ether oxygens (including phenoxy) is 2. The van der Waals surface area contributed by atoms with Crippen molar-refractivity contribution in [2.24, 2.45) is 7.05 Å². The summed E-state index contributed by atoms with van der Waals surface area (Å²) in [5, 5.41) is 18.4. The summed E-state index contributed by atoms with van der Waals surface area (Å²) in [4.78, 5) is 10.8. The van der Waals surface area contributed by atoms with Crippen LogP contribution in [0, 0.1) is 17.0 Å². The molecule has 0 bridgehead atoms. The molecule has 0 aliphatic heterocycles. The van der Waals surface area contributed by atoms with E-state index in [1.165, 1.54) is 4.68 Å². The van der Waals surface area contributed by atoms with E-state index in [0.717, 1.165) is 11.3 Å². The van der Waals surface area contributed by atoms with Crippen LogP contribution in [-0.4, -0.2) is 34.5 Å². The van der Waals surface area contributed by atoms with Gasteiger partial charge in [-0.05, 0) is 44.9 Å². The molecule has 2 aromatic rings. The van der Waals surface area contributed by atoms with Crippen LogP contribution < -0.4 is 14.8 Å². The Morgan fingerprint density at radius 1 is 1.24 bits per heavy atom. The standard InChI is InChI=1S/C17H24N4O4/c1-5-24-14-8-7-13(11-15(14)25-6-2)9-10-18-17-16(21(22)23)12(3)19-20(17)4/h7-8,11,18H,5-6,9-10H2,1-4H3. The highest BCUT2D eigenvalue weighted by Gasteiger charge is 2.23. The van der Waals surface area contributed by atoms with Crippen LogP contribution in [0.1, 0.15) is 25.1 Å². The summed E-state index contributed by atoms with van der Waals surface area (Å²) < 4.78 is 12.7. The molecule has 2 rings (SSSR count). The molecular formula is C17H24N4O4. The number of anilines is 1. The fourth-order valence-corrected chi connectivity index (χ4v) is 2.64. The predicted octanol–water partition coefficient (Wildman–Crippen LogP) is 3.09. The van der Waals surface area contributed by atoms with E-state index in [1.807, 2.05) is 32.0 Å². The number of hydrogen-bond acceptors (Lipinski definition) is 6. The van der Waals surface area contributed by atoms with Gasteiger partial charge >= 0.3 is 5.69 Å². The lowest BCUT2D eigenvalue weighted by Crippen LogP contribution is -2.10. The van der Waals surface area contributed by atoms with E-state index < -0.39 is 4.92 Å². The molecule has 0 aliphatic carbocycles. The minimum absolute atomic E-state index is 0.0178. The minimum atomic E-state index is -0.408. The highest BCUT2D eigenvalue weighted by molar-refractivity contribution is 5.59. The summed E-state index contributed by atoms with van der Waals surface area (Å²) in [6.45, 7) is 7.15. The van der Waals surface area contributed by atoms with Gasteiger partial charge < -0.3 is 14.8 Å². The Labute approximate surface area is 146 Å². The summed E-state index contributed by atoms with van der Waals surface area (Å²) in [7, 11) is 1.69. The lowest BCUT2D eigenvalue weighted by Gasteiger charge is -2.13. The number of nitrogens with zero attached hydrogens (tertiary/aromatic N) is 3. The maximum Gasteiger partial charge on any atom is 0.333 e. The van der Waals surface area contributed by atoms with Crippen molar-refractivity contribution in [3.63, 3.8) is 0 Å². The van der Waals surface area contributed by atoms with Gasteiger partial charge in [-0.3, -0.25) is 10.1 Å². The molecule has 0 saturated heterocycles. The van der Waals surface area contributed by atoms with Gasteiger partial charge in [-0.15, -0.1) is 0 Å². The first kappa shape index (κ1) is 18.6. The van der Waals surface area contributed by atoms with Crippen molar-refractivity contribution in [2.75, 3.05) is 25.1 Å². The number of benzene rings is 1. The zero-order chi connectivity index (χ0) is 18.4. The van der Waals surface area contributed by atoms with E-state index in [0.29, 0.717) is 43.4 Å². The summed E-state index contributed by atoms with van der Waals surface area (Å²) in [5.41, 5.74) is 1.47. The Bertz CT molecular complexity index is 742. The van der Waals surface area contributed by atoms with Gasteiger partial charge in [0.25, 0.3) is 0 Å². The quantitative estimate of drug-likeness (QED) is 0.553. The van der Waals surface area contributed by atoms with E-state index in [9.17, 15) is 10.1 Å². The van der Waals surface area contributed by atoms with Gasteiger partial charge in [0.2, 0.25) is 5.82 Å². The molecule has 0 radical (unpaired) electrons. The second-order valence-corrected chi connectivity index (χ2v) is 5.49. The summed E-state index contributed by atoms with van der Waals surface area (Å²) in [6, 6.07) is 5.80. The van der Waals surface area contributed by atoms with Gasteiger partial charge in [0.05, 0.1) is 18.1 Å². The molecule has 136 valence electrons. The number of nitro groups is 1. The summed E-state index contributed by atoms with van der Waals surface area (Å²) in [5.74, 6) is 1.85. The van der Waals surface area contributed by atoms with Gasteiger partial charge in [0, 0.05) is 13.6 Å². The monoisotopic (exact) mass is 348 g/mol. The summed E-state index contributed by atoms with van der Waals surface area (Å²) >= 11 is 0. The smallest absolute Gasteiger partial charge is 0.333 e. The first-order chi connectivity index (χ1) is 12.0. The number of aryl methyl sites for hydroxylation is 2. The molecule has 25 heavy (non-hydrogen) atoms. The fourth-order valence-electron chi connectivity index (χ4n) is 2.64. The van der Waals surface area contributed by atoms with Gasteiger partial charge in [-0.25, -0.2) is 4.68 Å². The Kier molecular flexibility index (Phi) is 6.21. The zero-order valence-corrected chi connectivity index (χ0v) is 15.0. The van der Waals surface area contributed by atoms with Crippen molar-refractivity contribution in [1.29, 1.82) is 0 Å². The van der Waals surface area contributed by atoms with Crippen LogP contribution >= 0.6 is 0 Å². The normalized spacial score (nSPS) is 10.6. The van der Waals surface area contributed by atoms with Gasteiger partial charge in [-0.2, -0.15) is 5.10 Å². The molecule has 0 atom stereocenters. The SMILES string of the molecule is CCOc1ccc(CCNc2c([N+](=O)[O-])c(C)nn2C)cc1OCC. The first-order valence-electron chi connectivity index (χ1n) is 8.28. The van der Waals surface area contributed by atoms with E-state index in [2.05, 4.69) is 10.4 Å². The van der Waals surface area contributed by atoms with E-state index in [-0.39, 0.29) is 5.69 Å². The number of aromatic nitrogens is 2. The maximum atomic E-state index is 11.2. The fraction of sp³-hybridized carbons (Fsp3) is 0.471. The van der Waals surface area contributed by atoms with Crippen LogP contribution in [0.2, 0.25) is 0 Å².